The Hall–Kier alpha value is -7.37. The van der Waals surface area contributed by atoms with Crippen molar-refractivity contribution in [2.75, 3.05) is 0 Å². The second kappa shape index (κ2) is 13.2. The predicted molar refractivity (Wildman–Crippen MR) is 230 cm³/mol. The summed E-state index contributed by atoms with van der Waals surface area (Å²) in [6.07, 6.45) is 8.75. The van der Waals surface area contributed by atoms with Gasteiger partial charge in [-0.05, 0) is 54.3 Å². The van der Waals surface area contributed by atoms with Crippen molar-refractivity contribution in [3.8, 4) is 56.4 Å². The number of aromatic nitrogens is 4. The second-order valence-corrected chi connectivity index (χ2v) is 14.3. The van der Waals surface area contributed by atoms with Gasteiger partial charge < -0.3 is 8.98 Å². The van der Waals surface area contributed by atoms with Crippen molar-refractivity contribution in [1.29, 1.82) is 0 Å². The molecule has 5 heteroatoms. The molecule has 3 heterocycles. The van der Waals surface area contributed by atoms with Gasteiger partial charge in [0.1, 0.15) is 11.2 Å². The first-order valence-electron chi connectivity index (χ1n) is 19.1. The van der Waals surface area contributed by atoms with Crippen LogP contribution in [0, 0.1) is 0 Å². The first-order chi connectivity index (χ1) is 27.8. The molecule has 1 aliphatic carbocycles. The number of hydrogen-bond donors (Lipinski definition) is 0. The standard InChI is InChI=1S/C51H34N4O/c1-4-15-33(16-5-1)49-52-50(34-17-6-2-7-18-34)54-51(53-49)37-20-12-19-35(31-37)39-24-13-26-42-43-27-14-25-40(48(43)56-47(39)42)36-29-30-46-44(32-36)41-23-10-11-28-45(41)55(46)38-21-8-3-9-22-38/h1-8,10-21,23-32H,9,22H2. The molecule has 0 N–H and O–H groups in total. The van der Waals surface area contributed by atoms with Gasteiger partial charge in [0.25, 0.3) is 0 Å². The van der Waals surface area contributed by atoms with Gasteiger partial charge in [-0.2, -0.15) is 0 Å². The van der Waals surface area contributed by atoms with Gasteiger partial charge in [-0.15, -0.1) is 0 Å². The van der Waals surface area contributed by atoms with Crippen LogP contribution in [0.1, 0.15) is 12.8 Å². The average molecular weight is 719 g/mol. The smallest absolute Gasteiger partial charge is 0.164 e. The number of para-hydroxylation sites is 3. The third-order valence-electron chi connectivity index (χ3n) is 10.9. The summed E-state index contributed by atoms with van der Waals surface area (Å²) >= 11 is 0. The van der Waals surface area contributed by atoms with Gasteiger partial charge >= 0.3 is 0 Å². The molecule has 0 bridgehead atoms. The third kappa shape index (κ3) is 5.36. The molecule has 264 valence electrons. The van der Waals surface area contributed by atoms with Gasteiger partial charge in [-0.25, -0.2) is 15.0 Å². The largest absolute Gasteiger partial charge is 0.455 e. The van der Waals surface area contributed by atoms with E-state index in [1.54, 1.807) is 0 Å². The number of benzene rings is 7. The molecule has 0 aliphatic heterocycles. The monoisotopic (exact) mass is 718 g/mol. The number of allylic oxidation sites excluding steroid dienone is 4. The van der Waals surface area contributed by atoms with Crippen LogP contribution in [0.15, 0.2) is 186 Å². The van der Waals surface area contributed by atoms with Crippen LogP contribution in [0.2, 0.25) is 0 Å². The highest BCUT2D eigenvalue weighted by Crippen LogP contribution is 2.42. The Kier molecular flexibility index (Phi) is 7.56. The van der Waals surface area contributed by atoms with E-state index in [9.17, 15) is 0 Å². The van der Waals surface area contributed by atoms with Crippen LogP contribution < -0.4 is 0 Å². The Morgan fingerprint density at radius 2 is 0.964 bits per heavy atom. The number of rotatable bonds is 6. The summed E-state index contributed by atoms with van der Waals surface area (Å²) in [5, 5.41) is 4.67. The highest BCUT2D eigenvalue weighted by Gasteiger charge is 2.19. The summed E-state index contributed by atoms with van der Waals surface area (Å²) in [4.78, 5) is 14.9. The normalized spacial score (nSPS) is 12.9. The lowest BCUT2D eigenvalue weighted by molar-refractivity contribution is 0.671. The van der Waals surface area contributed by atoms with E-state index in [0.29, 0.717) is 17.5 Å². The molecule has 7 aromatic carbocycles. The van der Waals surface area contributed by atoms with Crippen LogP contribution in [0.3, 0.4) is 0 Å². The molecule has 10 aromatic rings. The van der Waals surface area contributed by atoms with Crippen LogP contribution in [0.4, 0.5) is 0 Å². The molecule has 0 saturated heterocycles. The Labute approximate surface area is 323 Å². The number of furan rings is 1. The van der Waals surface area contributed by atoms with Crippen LogP contribution >= 0.6 is 0 Å². The lowest BCUT2D eigenvalue weighted by Gasteiger charge is -2.14. The van der Waals surface area contributed by atoms with Gasteiger partial charge in [0.2, 0.25) is 0 Å². The van der Waals surface area contributed by atoms with Crippen LogP contribution in [-0.4, -0.2) is 19.5 Å². The van der Waals surface area contributed by atoms with Gasteiger partial charge in [0, 0.05) is 55.1 Å². The van der Waals surface area contributed by atoms with E-state index in [2.05, 4.69) is 126 Å². The van der Waals surface area contributed by atoms with Crippen molar-refractivity contribution in [3.63, 3.8) is 0 Å². The molecular formula is C51H34N4O. The minimum absolute atomic E-state index is 0.617. The quantitative estimate of drug-likeness (QED) is 0.172. The summed E-state index contributed by atoms with van der Waals surface area (Å²) in [6.45, 7) is 0. The first-order valence-corrected chi connectivity index (χ1v) is 19.1. The van der Waals surface area contributed by atoms with Crippen molar-refractivity contribution >= 4 is 49.4 Å². The number of hydrogen-bond acceptors (Lipinski definition) is 4. The minimum Gasteiger partial charge on any atom is -0.455 e. The predicted octanol–water partition coefficient (Wildman–Crippen LogP) is 13.4. The zero-order valence-electron chi connectivity index (χ0n) is 30.4. The molecule has 0 amide bonds. The lowest BCUT2D eigenvalue weighted by atomic mass is 9.98. The Morgan fingerprint density at radius 3 is 1.62 bits per heavy atom. The number of fused-ring (bicyclic) bond motifs is 6. The van der Waals surface area contributed by atoms with Crippen molar-refractivity contribution in [3.05, 3.63) is 182 Å². The van der Waals surface area contributed by atoms with E-state index in [-0.39, 0.29) is 0 Å². The molecule has 1 aliphatic rings. The van der Waals surface area contributed by atoms with Gasteiger partial charge in [0.05, 0.1) is 11.0 Å². The van der Waals surface area contributed by atoms with Gasteiger partial charge in [-0.1, -0.05) is 152 Å². The maximum Gasteiger partial charge on any atom is 0.164 e. The van der Waals surface area contributed by atoms with E-state index in [0.717, 1.165) is 73.7 Å². The lowest BCUT2D eigenvalue weighted by Crippen LogP contribution is -2.00. The summed E-state index contributed by atoms with van der Waals surface area (Å²) in [6, 6.07) is 57.1. The molecule has 0 fully saturated rings. The minimum atomic E-state index is 0.617. The Bertz CT molecular complexity index is 3130. The third-order valence-corrected chi connectivity index (χ3v) is 10.9. The molecule has 0 radical (unpaired) electrons. The molecular weight excluding hydrogens is 685 g/mol. The van der Waals surface area contributed by atoms with E-state index in [1.165, 1.54) is 27.5 Å². The molecule has 3 aromatic heterocycles. The zero-order chi connectivity index (χ0) is 37.0. The zero-order valence-corrected chi connectivity index (χ0v) is 30.4. The maximum absolute atomic E-state index is 6.96. The molecule has 0 saturated carbocycles. The van der Waals surface area contributed by atoms with Crippen molar-refractivity contribution < 1.29 is 4.42 Å². The van der Waals surface area contributed by atoms with Gasteiger partial charge in [0.15, 0.2) is 17.5 Å². The topological polar surface area (TPSA) is 56.7 Å². The van der Waals surface area contributed by atoms with Crippen molar-refractivity contribution in [1.82, 2.24) is 19.5 Å². The number of nitrogens with zero attached hydrogens (tertiary/aromatic N) is 4. The van der Waals surface area contributed by atoms with Crippen molar-refractivity contribution in [2.45, 2.75) is 12.8 Å². The first kappa shape index (κ1) is 32.1. The summed E-state index contributed by atoms with van der Waals surface area (Å²) in [5.74, 6) is 1.89. The van der Waals surface area contributed by atoms with E-state index < -0.39 is 0 Å². The molecule has 11 rings (SSSR count). The molecule has 0 unspecified atom stereocenters. The highest BCUT2D eigenvalue weighted by atomic mass is 16.3. The fourth-order valence-electron chi connectivity index (χ4n) is 8.26. The van der Waals surface area contributed by atoms with Crippen molar-refractivity contribution in [2.24, 2.45) is 0 Å². The Balaban J connectivity index is 1.04. The van der Waals surface area contributed by atoms with Crippen LogP contribution in [-0.2, 0) is 0 Å². The van der Waals surface area contributed by atoms with Crippen LogP contribution in [0.5, 0.6) is 0 Å². The molecule has 0 spiro atoms. The average Bonchev–Trinajstić information content (AvgIpc) is 3.83. The summed E-state index contributed by atoms with van der Waals surface area (Å²) in [7, 11) is 0. The highest BCUT2D eigenvalue weighted by molar-refractivity contribution is 6.15. The summed E-state index contributed by atoms with van der Waals surface area (Å²) < 4.78 is 9.39. The van der Waals surface area contributed by atoms with E-state index >= 15 is 0 Å². The SMILES string of the molecule is C1=CCCC(n2c3ccccc3c3cc(-c4cccc5c4oc4c(-c6cccc(-c7nc(-c8ccccc8)nc(-c8ccccc8)n7)c6)cccc45)ccc32)=C1. The molecule has 0 atom stereocenters. The fourth-order valence-corrected chi connectivity index (χ4v) is 8.26. The van der Waals surface area contributed by atoms with E-state index in [4.69, 9.17) is 19.4 Å². The van der Waals surface area contributed by atoms with Gasteiger partial charge in [-0.3, -0.25) is 0 Å². The Morgan fingerprint density at radius 1 is 0.429 bits per heavy atom. The maximum atomic E-state index is 6.96. The fraction of sp³-hybridized carbons (Fsp3) is 0.0392. The van der Waals surface area contributed by atoms with Crippen LogP contribution in [0.25, 0.3) is 106 Å². The molecule has 5 nitrogen and oxygen atoms in total. The summed E-state index contributed by atoms with van der Waals surface area (Å²) in [5.41, 5.74) is 12.5. The second-order valence-electron chi connectivity index (χ2n) is 14.3. The van der Waals surface area contributed by atoms with E-state index in [1.807, 2.05) is 60.7 Å². The molecule has 56 heavy (non-hydrogen) atoms.